The van der Waals surface area contributed by atoms with Gasteiger partial charge in [0.1, 0.15) is 34.7 Å². The van der Waals surface area contributed by atoms with Gasteiger partial charge in [-0.05, 0) is 13.8 Å². The molecule has 2 aromatic carbocycles. The molecule has 0 spiro atoms. The first-order chi connectivity index (χ1) is 22.2. The van der Waals surface area contributed by atoms with Crippen molar-refractivity contribution in [1.29, 1.82) is 10.5 Å². The van der Waals surface area contributed by atoms with Crippen molar-refractivity contribution in [2.24, 2.45) is 0 Å². The number of aromatic nitrogens is 6. The van der Waals surface area contributed by atoms with Gasteiger partial charge in [0.15, 0.2) is 23.0 Å². The first-order valence-corrected chi connectivity index (χ1v) is 13.8. The molecule has 0 N–H and O–H groups in total. The van der Waals surface area contributed by atoms with Crippen LogP contribution in [-0.2, 0) is 0 Å². The Hall–Kier alpha value is -6.01. The molecule has 0 amide bonds. The number of methoxy groups -OCH3 is 4. The second kappa shape index (κ2) is 11.5. The second-order valence-electron chi connectivity index (χ2n) is 10.2. The van der Waals surface area contributed by atoms with E-state index in [0.717, 1.165) is 0 Å². The van der Waals surface area contributed by atoms with Crippen LogP contribution in [0.15, 0.2) is 36.7 Å². The Labute approximate surface area is 265 Å². The summed E-state index contributed by atoms with van der Waals surface area (Å²) in [5.41, 5.74) is 4.10. The zero-order valence-corrected chi connectivity index (χ0v) is 25.8. The smallest absolute Gasteiger partial charge is 0.234 e. The van der Waals surface area contributed by atoms with Crippen molar-refractivity contribution in [3.05, 3.63) is 70.1 Å². The third-order valence-corrected chi connectivity index (χ3v) is 7.96. The first kappa shape index (κ1) is 30.0. The van der Waals surface area contributed by atoms with Crippen LogP contribution in [0.3, 0.4) is 0 Å². The normalized spacial score (nSPS) is 12.5. The van der Waals surface area contributed by atoms with Gasteiger partial charge < -0.3 is 27.9 Å². The van der Waals surface area contributed by atoms with E-state index in [9.17, 15) is 10.5 Å². The number of nitrogens with zero attached hydrogens (tertiary/aromatic N) is 8. The summed E-state index contributed by atoms with van der Waals surface area (Å²) < 4.78 is 24.4. The standard InChI is InChI=1S/C32H24B2N8O4/c1-15-29-30(32(41(15)33)18(12-36)24-14-38-20-8-26(44-4)28(46-6)10-22(20)40-24)16(2)42(34)31(29)17(11-35)23-13-37-19-7-25(43-3)27(45-5)9-21(19)39-23/h7-10,13-14H,1-6H3/b31-17-,32-18-. The van der Waals surface area contributed by atoms with Gasteiger partial charge in [0, 0.05) is 46.4 Å². The third kappa shape index (κ3) is 4.46. The van der Waals surface area contributed by atoms with Crippen molar-refractivity contribution in [3.63, 3.8) is 0 Å². The molecule has 12 nitrogen and oxygen atoms in total. The molecule has 4 radical (unpaired) electrons. The van der Waals surface area contributed by atoms with Crippen molar-refractivity contribution >= 4 is 59.9 Å². The molecular formula is C32H24B2N8O4. The minimum atomic E-state index is 0.162. The van der Waals surface area contributed by atoms with Gasteiger partial charge in [0.25, 0.3) is 0 Å². The van der Waals surface area contributed by atoms with Crippen LogP contribution < -0.4 is 29.6 Å². The Balaban J connectivity index is 1.67. The van der Waals surface area contributed by atoms with Crippen LogP contribution in [0.4, 0.5) is 0 Å². The molecule has 0 atom stereocenters. The van der Waals surface area contributed by atoms with Crippen LogP contribution in [-0.4, -0.2) is 73.3 Å². The molecule has 6 rings (SSSR count). The van der Waals surface area contributed by atoms with Gasteiger partial charge in [0.2, 0.25) is 16.0 Å². The Bertz CT molecular complexity index is 2280. The summed E-state index contributed by atoms with van der Waals surface area (Å²) in [6.45, 7) is 3.57. The van der Waals surface area contributed by atoms with E-state index < -0.39 is 0 Å². The summed E-state index contributed by atoms with van der Waals surface area (Å²) in [5, 5.41) is 22.8. The molecule has 4 aromatic heterocycles. The lowest BCUT2D eigenvalue weighted by molar-refractivity contribution is 0.355. The van der Waals surface area contributed by atoms with Crippen molar-refractivity contribution in [1.82, 2.24) is 28.9 Å². The van der Waals surface area contributed by atoms with E-state index in [4.69, 9.17) is 44.9 Å². The van der Waals surface area contributed by atoms with E-state index in [-0.39, 0.29) is 22.5 Å². The van der Waals surface area contributed by atoms with Crippen molar-refractivity contribution in [2.75, 3.05) is 28.4 Å². The van der Waals surface area contributed by atoms with Crippen molar-refractivity contribution < 1.29 is 18.9 Å². The minimum absolute atomic E-state index is 0.162. The minimum Gasteiger partial charge on any atom is -0.493 e. The number of rotatable bonds is 6. The maximum atomic E-state index is 10.5. The fourth-order valence-corrected chi connectivity index (χ4v) is 5.63. The molecule has 0 aliphatic carbocycles. The predicted molar refractivity (Wildman–Crippen MR) is 172 cm³/mol. The fraction of sp³-hybridized carbons (Fsp3) is 0.188. The number of hydrogen-bond donors (Lipinski definition) is 0. The highest BCUT2D eigenvalue weighted by Crippen LogP contribution is 2.32. The summed E-state index contributed by atoms with van der Waals surface area (Å²) in [7, 11) is 19.4. The van der Waals surface area contributed by atoms with Crippen LogP contribution >= 0.6 is 0 Å². The molecule has 6 aromatic rings. The molecule has 14 heteroatoms. The van der Waals surface area contributed by atoms with Gasteiger partial charge in [-0.1, -0.05) is 0 Å². The van der Waals surface area contributed by atoms with Gasteiger partial charge in [0.05, 0.1) is 73.6 Å². The van der Waals surface area contributed by atoms with Gasteiger partial charge in [-0.3, -0.25) is 9.97 Å². The van der Waals surface area contributed by atoms with E-state index in [2.05, 4.69) is 22.1 Å². The SMILES string of the molecule is [B]n1c(C)c2/c(=C(\C#N)c3cnc4cc(OC)c(OC)cc4n3)n([B])c(C)c2/c1=C(\C#N)c1cnc2cc(OC)c(OC)cc2n1. The molecule has 0 saturated carbocycles. The summed E-state index contributed by atoms with van der Waals surface area (Å²) >= 11 is 0. The van der Waals surface area contributed by atoms with E-state index in [0.29, 0.717) is 77.9 Å². The second-order valence-corrected chi connectivity index (χ2v) is 10.2. The van der Waals surface area contributed by atoms with Gasteiger partial charge in [-0.15, -0.1) is 0 Å². The summed E-state index contributed by atoms with van der Waals surface area (Å²) in [6, 6.07) is 11.3. The highest BCUT2D eigenvalue weighted by molar-refractivity contribution is 6.14. The Morgan fingerprint density at radius 2 is 0.935 bits per heavy atom. The van der Waals surface area contributed by atoms with E-state index in [1.54, 1.807) is 38.1 Å². The lowest BCUT2D eigenvalue weighted by Gasteiger charge is -2.10. The molecule has 0 saturated heterocycles. The molecule has 222 valence electrons. The summed E-state index contributed by atoms with van der Waals surface area (Å²) in [6.07, 6.45) is 2.99. The monoisotopic (exact) mass is 606 g/mol. The lowest BCUT2D eigenvalue weighted by Crippen LogP contribution is -2.24. The summed E-state index contributed by atoms with van der Waals surface area (Å²) in [5.74, 6) is 1.94. The molecule has 0 bridgehead atoms. The van der Waals surface area contributed by atoms with Crippen LogP contribution in [0.2, 0.25) is 0 Å². The van der Waals surface area contributed by atoms with E-state index in [1.807, 2.05) is 0 Å². The molecule has 46 heavy (non-hydrogen) atoms. The predicted octanol–water partition coefficient (Wildman–Crippen LogP) is 2.29. The van der Waals surface area contributed by atoms with Crippen LogP contribution in [0.1, 0.15) is 22.8 Å². The number of fused-ring (bicyclic) bond motifs is 3. The third-order valence-electron chi connectivity index (χ3n) is 7.96. The van der Waals surface area contributed by atoms with Gasteiger partial charge in [-0.2, -0.15) is 10.5 Å². The average molecular weight is 606 g/mol. The number of nitriles is 2. The summed E-state index contributed by atoms with van der Waals surface area (Å²) in [4.78, 5) is 18.5. The highest BCUT2D eigenvalue weighted by atomic mass is 16.5. The topological polar surface area (TPSA) is 146 Å². The average Bonchev–Trinajstić information content (AvgIpc) is 3.48. The van der Waals surface area contributed by atoms with Gasteiger partial charge >= 0.3 is 0 Å². The first-order valence-electron chi connectivity index (χ1n) is 13.8. The largest absolute Gasteiger partial charge is 0.493 e. The molecule has 0 fully saturated rings. The van der Waals surface area contributed by atoms with Crippen LogP contribution in [0.25, 0.3) is 44.0 Å². The zero-order chi connectivity index (χ0) is 32.9. The number of benzene rings is 2. The van der Waals surface area contributed by atoms with Gasteiger partial charge in [-0.25, -0.2) is 9.97 Å². The Morgan fingerprint density at radius 1 is 0.609 bits per heavy atom. The molecular weight excluding hydrogens is 582 g/mol. The van der Waals surface area contributed by atoms with Crippen molar-refractivity contribution in [2.45, 2.75) is 13.8 Å². The maximum absolute atomic E-state index is 10.5. The quantitative estimate of drug-likeness (QED) is 0.259. The van der Waals surface area contributed by atoms with E-state index in [1.165, 1.54) is 49.8 Å². The number of ether oxygens (including phenoxy) is 4. The molecule has 0 aliphatic rings. The molecule has 4 heterocycles. The Kier molecular flexibility index (Phi) is 7.50. The van der Waals surface area contributed by atoms with Crippen LogP contribution in [0, 0.1) is 36.5 Å². The molecule has 0 aliphatic heterocycles. The van der Waals surface area contributed by atoms with Crippen molar-refractivity contribution in [3.8, 4) is 35.1 Å². The maximum Gasteiger partial charge on any atom is 0.234 e. The fourth-order valence-electron chi connectivity index (χ4n) is 5.63. The lowest BCUT2D eigenvalue weighted by atomic mass is 10.1. The van der Waals surface area contributed by atoms with Crippen LogP contribution in [0.5, 0.6) is 23.0 Å². The Morgan fingerprint density at radius 3 is 1.24 bits per heavy atom. The number of hydrogen-bond acceptors (Lipinski definition) is 10. The molecule has 0 unspecified atom stereocenters. The number of aryl methyl sites for hydroxylation is 2. The highest BCUT2D eigenvalue weighted by Gasteiger charge is 2.22. The zero-order valence-electron chi connectivity index (χ0n) is 25.8. The van der Waals surface area contributed by atoms with E-state index >= 15 is 0 Å².